The highest BCUT2D eigenvalue weighted by molar-refractivity contribution is 6.20. The second-order valence-electron chi connectivity index (χ2n) is 5.22. The van der Waals surface area contributed by atoms with Gasteiger partial charge in [-0.1, -0.05) is 30.3 Å². The van der Waals surface area contributed by atoms with Crippen LogP contribution in [0.15, 0.2) is 54.1 Å². The minimum absolute atomic E-state index is 0.0246. The van der Waals surface area contributed by atoms with Crippen LogP contribution in [0.25, 0.3) is 17.0 Å². The molecule has 23 heavy (non-hydrogen) atoms. The average molecular weight is 304 g/mol. The monoisotopic (exact) mass is 304 g/mol. The van der Waals surface area contributed by atoms with Crippen LogP contribution >= 0.6 is 0 Å². The Labute approximate surface area is 132 Å². The summed E-state index contributed by atoms with van der Waals surface area (Å²) in [6.45, 7) is 1.80. The van der Waals surface area contributed by atoms with Gasteiger partial charge in [0.25, 0.3) is 0 Å². The number of aromatic amines is 1. The summed E-state index contributed by atoms with van der Waals surface area (Å²) in [5, 5.41) is 10.1. The van der Waals surface area contributed by atoms with E-state index in [1.165, 1.54) is 24.3 Å². The number of allylic oxidation sites excluding steroid dienone is 1. The van der Waals surface area contributed by atoms with Crippen molar-refractivity contribution in [1.29, 1.82) is 5.26 Å². The van der Waals surface area contributed by atoms with Gasteiger partial charge in [-0.25, -0.2) is 4.39 Å². The van der Waals surface area contributed by atoms with Crippen LogP contribution in [0.5, 0.6) is 0 Å². The lowest BCUT2D eigenvalue weighted by molar-refractivity contribution is 0.104. The molecule has 0 bridgehead atoms. The molecule has 3 rings (SSSR count). The lowest BCUT2D eigenvalue weighted by Crippen LogP contribution is -2.03. The molecule has 0 saturated carbocycles. The summed E-state index contributed by atoms with van der Waals surface area (Å²) >= 11 is 0. The quantitative estimate of drug-likeness (QED) is 0.443. The summed E-state index contributed by atoms with van der Waals surface area (Å²) in [6.07, 6.45) is 1.41. The number of carbonyl (C=O) groups excluding carboxylic acids is 1. The van der Waals surface area contributed by atoms with E-state index < -0.39 is 5.82 Å². The number of para-hydroxylation sites is 1. The van der Waals surface area contributed by atoms with Crippen LogP contribution in [-0.4, -0.2) is 10.8 Å². The SMILES string of the molecule is Cc1[nH]c2ccccc2c1C(=O)/C(C#N)=C/c1cccc(F)c1. The molecule has 4 heteroatoms. The first-order valence-corrected chi connectivity index (χ1v) is 7.09. The van der Waals surface area contributed by atoms with Crippen LogP contribution in [0.2, 0.25) is 0 Å². The van der Waals surface area contributed by atoms with Gasteiger partial charge in [-0.3, -0.25) is 4.79 Å². The number of benzene rings is 2. The Hall–Kier alpha value is -3.19. The number of fused-ring (bicyclic) bond motifs is 1. The third kappa shape index (κ3) is 2.77. The molecular weight excluding hydrogens is 291 g/mol. The Morgan fingerprint density at radius 3 is 2.74 bits per heavy atom. The number of Topliss-reactive ketones (excluding diaryl/α,β-unsaturated/α-hetero) is 1. The zero-order valence-electron chi connectivity index (χ0n) is 12.4. The molecule has 0 fully saturated rings. The van der Waals surface area contributed by atoms with E-state index in [1.807, 2.05) is 30.3 Å². The number of aryl methyl sites for hydroxylation is 1. The van der Waals surface area contributed by atoms with Crippen LogP contribution in [0.1, 0.15) is 21.6 Å². The number of rotatable bonds is 3. The van der Waals surface area contributed by atoms with E-state index in [9.17, 15) is 14.4 Å². The van der Waals surface area contributed by atoms with Crippen molar-refractivity contribution in [2.24, 2.45) is 0 Å². The summed E-state index contributed by atoms with van der Waals surface area (Å²) in [5.41, 5.74) is 2.48. The second kappa shape index (κ2) is 5.90. The lowest BCUT2D eigenvalue weighted by Gasteiger charge is -2.01. The highest BCUT2D eigenvalue weighted by Crippen LogP contribution is 2.25. The molecular formula is C19H13FN2O. The zero-order chi connectivity index (χ0) is 16.4. The van der Waals surface area contributed by atoms with Crippen molar-refractivity contribution in [1.82, 2.24) is 4.98 Å². The van der Waals surface area contributed by atoms with Crippen molar-refractivity contribution in [3.63, 3.8) is 0 Å². The number of nitrogens with zero attached hydrogens (tertiary/aromatic N) is 1. The summed E-state index contributed by atoms with van der Waals surface area (Å²) in [4.78, 5) is 15.9. The Morgan fingerprint density at radius 2 is 2.00 bits per heavy atom. The van der Waals surface area contributed by atoms with E-state index in [0.717, 1.165) is 10.9 Å². The Kier molecular flexibility index (Phi) is 3.78. The molecule has 3 nitrogen and oxygen atoms in total. The van der Waals surface area contributed by atoms with E-state index >= 15 is 0 Å². The molecule has 0 saturated heterocycles. The number of nitrogens with one attached hydrogen (secondary N) is 1. The first kappa shape index (κ1) is 14.7. The second-order valence-corrected chi connectivity index (χ2v) is 5.22. The molecule has 2 aromatic carbocycles. The first-order chi connectivity index (χ1) is 11.1. The van der Waals surface area contributed by atoms with Crippen molar-refractivity contribution in [2.75, 3.05) is 0 Å². The third-order valence-corrected chi connectivity index (χ3v) is 3.65. The standard InChI is InChI=1S/C19H13FN2O/c1-12-18(16-7-2-3-8-17(16)22-12)19(23)14(11-21)9-13-5-4-6-15(20)10-13/h2-10,22H,1H3/b14-9+. The van der Waals surface area contributed by atoms with Gasteiger partial charge in [0, 0.05) is 16.6 Å². The number of halogens is 1. The molecule has 0 radical (unpaired) electrons. The highest BCUT2D eigenvalue weighted by atomic mass is 19.1. The van der Waals surface area contributed by atoms with Gasteiger partial charge >= 0.3 is 0 Å². The summed E-state index contributed by atoms with van der Waals surface area (Å²) in [5.74, 6) is -0.779. The topological polar surface area (TPSA) is 56.6 Å². The van der Waals surface area contributed by atoms with Crippen LogP contribution in [0, 0.1) is 24.1 Å². The summed E-state index contributed by atoms with van der Waals surface area (Å²) in [6, 6.07) is 15.1. The van der Waals surface area contributed by atoms with Gasteiger partial charge in [0.15, 0.2) is 0 Å². The number of aromatic nitrogens is 1. The molecule has 3 aromatic rings. The minimum atomic E-state index is -0.410. The summed E-state index contributed by atoms with van der Waals surface area (Å²) in [7, 11) is 0. The molecule has 0 spiro atoms. The number of hydrogen-bond donors (Lipinski definition) is 1. The van der Waals surface area contributed by atoms with Gasteiger partial charge in [0.05, 0.1) is 5.56 Å². The number of ketones is 1. The van der Waals surface area contributed by atoms with Crippen molar-refractivity contribution in [2.45, 2.75) is 6.92 Å². The van der Waals surface area contributed by atoms with Gasteiger partial charge in [0.2, 0.25) is 5.78 Å². The number of H-pyrrole nitrogens is 1. The van der Waals surface area contributed by atoms with E-state index in [4.69, 9.17) is 0 Å². The predicted molar refractivity (Wildman–Crippen MR) is 87.4 cm³/mol. The van der Waals surface area contributed by atoms with Gasteiger partial charge in [-0.2, -0.15) is 5.26 Å². The maximum atomic E-state index is 13.3. The van der Waals surface area contributed by atoms with E-state index in [0.29, 0.717) is 16.8 Å². The largest absolute Gasteiger partial charge is 0.358 e. The Morgan fingerprint density at radius 1 is 1.22 bits per heavy atom. The van der Waals surface area contributed by atoms with Gasteiger partial charge < -0.3 is 4.98 Å². The van der Waals surface area contributed by atoms with Gasteiger partial charge in [-0.05, 0) is 36.8 Å². The van der Waals surface area contributed by atoms with E-state index in [1.54, 1.807) is 13.0 Å². The smallest absolute Gasteiger partial charge is 0.205 e. The van der Waals surface area contributed by atoms with Crippen molar-refractivity contribution < 1.29 is 9.18 Å². The minimum Gasteiger partial charge on any atom is -0.358 e. The van der Waals surface area contributed by atoms with Crippen molar-refractivity contribution in [3.05, 3.63) is 76.7 Å². The number of hydrogen-bond acceptors (Lipinski definition) is 2. The fourth-order valence-electron chi connectivity index (χ4n) is 2.62. The molecule has 1 aromatic heterocycles. The fourth-order valence-corrected chi connectivity index (χ4v) is 2.62. The molecule has 1 heterocycles. The number of carbonyl (C=O) groups is 1. The van der Waals surface area contributed by atoms with Crippen LogP contribution in [-0.2, 0) is 0 Å². The maximum absolute atomic E-state index is 13.3. The normalized spacial score (nSPS) is 11.4. The van der Waals surface area contributed by atoms with Crippen molar-refractivity contribution in [3.8, 4) is 6.07 Å². The van der Waals surface area contributed by atoms with Gasteiger partial charge in [-0.15, -0.1) is 0 Å². The molecule has 0 aliphatic heterocycles. The molecule has 112 valence electrons. The molecule has 0 amide bonds. The molecule has 0 atom stereocenters. The summed E-state index contributed by atoms with van der Waals surface area (Å²) < 4.78 is 13.3. The molecule has 0 aliphatic carbocycles. The fraction of sp³-hybridized carbons (Fsp3) is 0.0526. The van der Waals surface area contributed by atoms with Crippen LogP contribution in [0.4, 0.5) is 4.39 Å². The molecule has 0 aliphatic rings. The van der Waals surface area contributed by atoms with E-state index in [-0.39, 0.29) is 11.4 Å². The molecule has 0 unspecified atom stereocenters. The predicted octanol–water partition coefficient (Wildman–Crippen LogP) is 4.41. The molecule has 1 N–H and O–H groups in total. The van der Waals surface area contributed by atoms with Gasteiger partial charge in [0.1, 0.15) is 17.5 Å². The first-order valence-electron chi connectivity index (χ1n) is 7.09. The number of nitriles is 1. The van der Waals surface area contributed by atoms with Crippen molar-refractivity contribution >= 4 is 22.8 Å². The third-order valence-electron chi connectivity index (χ3n) is 3.65. The van der Waals surface area contributed by atoms with Crippen LogP contribution < -0.4 is 0 Å². The van der Waals surface area contributed by atoms with E-state index in [2.05, 4.69) is 4.98 Å². The maximum Gasteiger partial charge on any atom is 0.205 e. The zero-order valence-corrected chi connectivity index (χ0v) is 12.4. The Bertz CT molecular complexity index is 976. The average Bonchev–Trinajstić information content (AvgIpc) is 2.87. The van der Waals surface area contributed by atoms with Crippen LogP contribution in [0.3, 0.4) is 0 Å². The Balaban J connectivity index is 2.10. The highest BCUT2D eigenvalue weighted by Gasteiger charge is 2.19. The lowest BCUT2D eigenvalue weighted by atomic mass is 9.99.